The number of benzene rings is 2. The number of carbonyl (C=O) groups excluding carboxylic acids is 1. The third kappa shape index (κ3) is 4.30. The summed E-state index contributed by atoms with van der Waals surface area (Å²) in [6, 6.07) is 14.1. The van der Waals surface area contributed by atoms with E-state index in [0.717, 1.165) is 30.1 Å². The van der Waals surface area contributed by atoms with Gasteiger partial charge in [-0.05, 0) is 30.7 Å². The zero-order valence-corrected chi connectivity index (χ0v) is 16.9. The SMILES string of the molecule is COc1ccccc1N1CCN(C(=O)CCc2conc2-c2cccc(F)c2)CC1. The van der Waals surface area contributed by atoms with E-state index >= 15 is 0 Å². The Morgan fingerprint density at radius 3 is 2.70 bits per heavy atom. The summed E-state index contributed by atoms with van der Waals surface area (Å²) in [5.74, 6) is 0.612. The highest BCUT2D eigenvalue weighted by molar-refractivity contribution is 5.77. The van der Waals surface area contributed by atoms with Crippen molar-refractivity contribution in [1.82, 2.24) is 10.1 Å². The molecule has 2 aromatic carbocycles. The fraction of sp³-hybridized carbons (Fsp3) is 0.304. The normalized spacial score (nSPS) is 14.1. The molecule has 0 radical (unpaired) electrons. The summed E-state index contributed by atoms with van der Waals surface area (Å²) in [6.45, 7) is 2.84. The Bertz CT molecular complexity index is 1010. The van der Waals surface area contributed by atoms with Gasteiger partial charge in [0, 0.05) is 43.7 Å². The van der Waals surface area contributed by atoms with Gasteiger partial charge in [0.2, 0.25) is 5.91 Å². The molecule has 0 saturated carbocycles. The highest BCUT2D eigenvalue weighted by Gasteiger charge is 2.23. The molecule has 1 aliphatic heterocycles. The average Bonchev–Trinajstić information content (AvgIpc) is 3.26. The summed E-state index contributed by atoms with van der Waals surface area (Å²) in [6.07, 6.45) is 2.40. The molecule has 30 heavy (non-hydrogen) atoms. The Labute approximate surface area is 174 Å². The van der Waals surface area contributed by atoms with Crippen LogP contribution in [0, 0.1) is 5.82 Å². The summed E-state index contributed by atoms with van der Waals surface area (Å²) in [5.41, 5.74) is 3.10. The molecule has 1 aromatic heterocycles. The van der Waals surface area contributed by atoms with Gasteiger partial charge in [-0.15, -0.1) is 0 Å². The van der Waals surface area contributed by atoms with Gasteiger partial charge in [-0.3, -0.25) is 4.79 Å². The van der Waals surface area contributed by atoms with E-state index in [2.05, 4.69) is 10.1 Å². The van der Waals surface area contributed by atoms with Crippen molar-refractivity contribution in [2.45, 2.75) is 12.8 Å². The Hall–Kier alpha value is -3.35. The van der Waals surface area contributed by atoms with Crippen LogP contribution < -0.4 is 9.64 Å². The minimum Gasteiger partial charge on any atom is -0.495 e. The maximum atomic E-state index is 13.5. The molecule has 3 aromatic rings. The molecule has 7 heteroatoms. The molecule has 0 aliphatic carbocycles. The summed E-state index contributed by atoms with van der Waals surface area (Å²) >= 11 is 0. The zero-order chi connectivity index (χ0) is 20.9. The van der Waals surface area contributed by atoms with Gasteiger partial charge in [0.05, 0.1) is 12.8 Å². The van der Waals surface area contributed by atoms with Gasteiger partial charge in [-0.1, -0.05) is 29.4 Å². The van der Waals surface area contributed by atoms with Crippen molar-refractivity contribution in [3.63, 3.8) is 0 Å². The fourth-order valence-corrected chi connectivity index (χ4v) is 3.80. The lowest BCUT2D eigenvalue weighted by molar-refractivity contribution is -0.131. The van der Waals surface area contributed by atoms with E-state index in [1.165, 1.54) is 18.4 Å². The van der Waals surface area contributed by atoms with Gasteiger partial charge in [0.1, 0.15) is 23.5 Å². The van der Waals surface area contributed by atoms with Crippen LogP contribution in [-0.2, 0) is 11.2 Å². The maximum Gasteiger partial charge on any atom is 0.223 e. The van der Waals surface area contributed by atoms with Crippen molar-refractivity contribution in [2.24, 2.45) is 0 Å². The molecule has 0 atom stereocenters. The standard InChI is InChI=1S/C23H24FN3O3/c1-29-21-8-3-2-7-20(21)26-11-13-27(14-12-26)22(28)10-9-18-16-30-25-23(18)17-5-4-6-19(24)15-17/h2-8,15-16H,9-14H2,1H3. The minimum atomic E-state index is -0.328. The monoisotopic (exact) mass is 409 g/mol. The molecule has 1 amide bonds. The van der Waals surface area contributed by atoms with Crippen molar-refractivity contribution in [3.8, 4) is 17.0 Å². The van der Waals surface area contributed by atoms with Gasteiger partial charge >= 0.3 is 0 Å². The lowest BCUT2D eigenvalue weighted by Gasteiger charge is -2.36. The quantitative estimate of drug-likeness (QED) is 0.620. The van der Waals surface area contributed by atoms with Crippen LogP contribution in [-0.4, -0.2) is 49.3 Å². The van der Waals surface area contributed by atoms with Gasteiger partial charge < -0.3 is 19.1 Å². The average molecular weight is 409 g/mol. The Kier molecular flexibility index (Phi) is 5.97. The van der Waals surface area contributed by atoms with Gasteiger partial charge in [-0.25, -0.2) is 4.39 Å². The van der Waals surface area contributed by atoms with Crippen LogP contribution >= 0.6 is 0 Å². The maximum absolute atomic E-state index is 13.5. The first kappa shape index (κ1) is 19.9. The number of hydrogen-bond acceptors (Lipinski definition) is 5. The second kappa shape index (κ2) is 8.98. The Morgan fingerprint density at radius 1 is 1.13 bits per heavy atom. The van der Waals surface area contributed by atoms with Gasteiger partial charge in [0.15, 0.2) is 0 Å². The first-order valence-corrected chi connectivity index (χ1v) is 10.0. The zero-order valence-electron chi connectivity index (χ0n) is 16.9. The molecule has 0 bridgehead atoms. The predicted octanol–water partition coefficient (Wildman–Crippen LogP) is 3.77. The van der Waals surface area contributed by atoms with E-state index in [-0.39, 0.29) is 11.7 Å². The molecule has 4 rings (SSSR count). The largest absolute Gasteiger partial charge is 0.495 e. The van der Waals surface area contributed by atoms with Crippen LogP contribution in [0.25, 0.3) is 11.3 Å². The van der Waals surface area contributed by atoms with Crippen LogP contribution in [0.4, 0.5) is 10.1 Å². The Morgan fingerprint density at radius 2 is 1.93 bits per heavy atom. The molecule has 6 nitrogen and oxygen atoms in total. The number of carbonyl (C=O) groups is 1. The van der Waals surface area contributed by atoms with Crippen molar-refractivity contribution >= 4 is 11.6 Å². The minimum absolute atomic E-state index is 0.0982. The first-order chi connectivity index (χ1) is 14.7. The summed E-state index contributed by atoms with van der Waals surface area (Å²) in [5, 5.41) is 3.99. The summed E-state index contributed by atoms with van der Waals surface area (Å²) in [4.78, 5) is 16.9. The summed E-state index contributed by atoms with van der Waals surface area (Å²) < 4.78 is 24.1. The number of nitrogens with zero attached hydrogens (tertiary/aromatic N) is 3. The predicted molar refractivity (Wildman–Crippen MR) is 112 cm³/mol. The molecule has 1 aliphatic rings. The van der Waals surface area contributed by atoms with Crippen LogP contribution in [0.1, 0.15) is 12.0 Å². The summed E-state index contributed by atoms with van der Waals surface area (Å²) in [7, 11) is 1.67. The van der Waals surface area contributed by atoms with Gasteiger partial charge in [-0.2, -0.15) is 0 Å². The number of para-hydroxylation sites is 2. The van der Waals surface area contributed by atoms with Crippen LogP contribution in [0.2, 0.25) is 0 Å². The van der Waals surface area contributed by atoms with E-state index < -0.39 is 0 Å². The third-order valence-corrected chi connectivity index (χ3v) is 5.41. The van der Waals surface area contributed by atoms with Crippen LogP contribution in [0.5, 0.6) is 5.75 Å². The second-order valence-electron chi connectivity index (χ2n) is 7.24. The highest BCUT2D eigenvalue weighted by atomic mass is 19.1. The molecule has 2 heterocycles. The van der Waals surface area contributed by atoms with Crippen LogP contribution in [0.3, 0.4) is 0 Å². The van der Waals surface area contributed by atoms with Crippen molar-refractivity contribution in [3.05, 3.63) is 66.2 Å². The number of anilines is 1. The van der Waals surface area contributed by atoms with E-state index in [1.54, 1.807) is 19.2 Å². The molecule has 1 saturated heterocycles. The molecular weight excluding hydrogens is 385 g/mol. The number of piperazine rings is 1. The van der Waals surface area contributed by atoms with E-state index in [0.29, 0.717) is 37.2 Å². The number of ether oxygens (including phenoxy) is 1. The second-order valence-corrected chi connectivity index (χ2v) is 7.24. The third-order valence-electron chi connectivity index (χ3n) is 5.41. The topological polar surface area (TPSA) is 58.8 Å². The highest BCUT2D eigenvalue weighted by Crippen LogP contribution is 2.28. The number of hydrogen-bond donors (Lipinski definition) is 0. The van der Waals surface area contributed by atoms with Crippen molar-refractivity contribution in [1.29, 1.82) is 0 Å². The van der Waals surface area contributed by atoms with E-state index in [9.17, 15) is 9.18 Å². The molecule has 156 valence electrons. The fourth-order valence-electron chi connectivity index (χ4n) is 3.80. The lowest BCUT2D eigenvalue weighted by Crippen LogP contribution is -2.48. The number of aryl methyl sites for hydroxylation is 1. The molecule has 0 unspecified atom stereocenters. The molecule has 0 N–H and O–H groups in total. The van der Waals surface area contributed by atoms with Gasteiger partial charge in [0.25, 0.3) is 0 Å². The molecule has 0 spiro atoms. The number of aromatic nitrogens is 1. The van der Waals surface area contributed by atoms with Crippen LogP contribution in [0.15, 0.2) is 59.3 Å². The van der Waals surface area contributed by atoms with Crippen molar-refractivity contribution in [2.75, 3.05) is 38.2 Å². The van der Waals surface area contributed by atoms with E-state index in [1.807, 2.05) is 29.2 Å². The number of rotatable bonds is 6. The number of amides is 1. The smallest absolute Gasteiger partial charge is 0.223 e. The van der Waals surface area contributed by atoms with E-state index in [4.69, 9.17) is 9.26 Å². The lowest BCUT2D eigenvalue weighted by atomic mass is 10.0. The molecular formula is C23H24FN3O3. The molecule has 1 fully saturated rings. The number of halogens is 1. The first-order valence-electron chi connectivity index (χ1n) is 10.0. The number of methoxy groups -OCH3 is 1. The van der Waals surface area contributed by atoms with Crippen molar-refractivity contribution < 1.29 is 18.4 Å². The Balaban J connectivity index is 1.34.